The molecule has 9 heteroatoms. The molecule has 0 spiro atoms. The first-order valence-electron chi connectivity index (χ1n) is 15.7. The summed E-state index contributed by atoms with van der Waals surface area (Å²) in [7, 11) is -2.45. The van der Waals surface area contributed by atoms with Crippen molar-refractivity contribution in [2.24, 2.45) is 10.8 Å². The molecular formula is C36H45NO7S. The molecule has 0 aromatic heterocycles. The number of Topliss-reactive ketones (excluding diaryl/α,β-unsaturated/α-hetero) is 2. The van der Waals surface area contributed by atoms with Crippen LogP contribution in [0.15, 0.2) is 69.9 Å². The number of carbonyl (C=O) groups is 2. The first-order valence-corrected chi connectivity index (χ1v) is 17.1. The second-order valence-electron chi connectivity index (χ2n) is 14.0. The summed E-state index contributed by atoms with van der Waals surface area (Å²) in [5.74, 6) is -0.221. The van der Waals surface area contributed by atoms with Gasteiger partial charge in [0.05, 0.1) is 6.61 Å². The van der Waals surface area contributed by atoms with Crippen LogP contribution in [0, 0.1) is 17.8 Å². The van der Waals surface area contributed by atoms with E-state index in [4.69, 9.17) is 13.7 Å². The molecule has 3 aliphatic rings. The number of hydrogen-bond acceptors (Lipinski definition) is 8. The van der Waals surface area contributed by atoms with E-state index in [0.29, 0.717) is 55.5 Å². The van der Waals surface area contributed by atoms with E-state index in [1.54, 1.807) is 37.4 Å². The zero-order valence-corrected chi connectivity index (χ0v) is 28.3. The summed E-state index contributed by atoms with van der Waals surface area (Å²) in [6.45, 7) is 13.6. The average molecular weight is 636 g/mol. The van der Waals surface area contributed by atoms with Crippen molar-refractivity contribution in [3.63, 3.8) is 0 Å². The Hall–Kier alpha value is -3.43. The Labute approximate surface area is 267 Å². The molecule has 0 amide bonds. The van der Waals surface area contributed by atoms with Gasteiger partial charge >= 0.3 is 10.1 Å². The van der Waals surface area contributed by atoms with E-state index in [2.05, 4.69) is 32.6 Å². The van der Waals surface area contributed by atoms with Gasteiger partial charge in [-0.15, -0.1) is 0 Å². The summed E-state index contributed by atoms with van der Waals surface area (Å²) < 4.78 is 43.3. The Morgan fingerprint density at radius 3 is 1.96 bits per heavy atom. The molecule has 0 bridgehead atoms. The maximum atomic E-state index is 14.1. The van der Waals surface area contributed by atoms with Gasteiger partial charge in [-0.3, -0.25) is 9.59 Å². The molecule has 0 radical (unpaired) electrons. The summed E-state index contributed by atoms with van der Waals surface area (Å²) >= 11 is 0. The van der Waals surface area contributed by atoms with Crippen LogP contribution in [-0.2, 0) is 24.4 Å². The van der Waals surface area contributed by atoms with Crippen LogP contribution in [-0.4, -0.2) is 51.8 Å². The fraction of sp³-hybridized carbons (Fsp3) is 0.500. The smallest absolute Gasteiger partial charge is 0.339 e. The third-order valence-electron chi connectivity index (χ3n) is 8.86. The van der Waals surface area contributed by atoms with Crippen molar-refractivity contribution < 1.29 is 31.7 Å². The van der Waals surface area contributed by atoms with E-state index in [9.17, 15) is 18.0 Å². The minimum absolute atomic E-state index is 0.0346. The van der Waals surface area contributed by atoms with Crippen LogP contribution in [0.3, 0.4) is 0 Å². The molecule has 2 aromatic carbocycles. The number of nitrogens with zero attached hydrogens (tertiary/aromatic N) is 1. The van der Waals surface area contributed by atoms with Gasteiger partial charge in [-0.1, -0.05) is 51.5 Å². The number of carbonyl (C=O) groups excluding carboxylic acids is 2. The summed E-state index contributed by atoms with van der Waals surface area (Å²) in [6, 6.07) is 11.5. The van der Waals surface area contributed by atoms with Crippen LogP contribution >= 0.6 is 0 Å². The van der Waals surface area contributed by atoms with E-state index in [1.807, 2.05) is 13.8 Å². The molecule has 1 heterocycles. The minimum Gasteiger partial charge on any atom is -0.490 e. The maximum Gasteiger partial charge on any atom is 0.339 e. The molecule has 0 saturated carbocycles. The van der Waals surface area contributed by atoms with Gasteiger partial charge < -0.3 is 18.6 Å². The quantitative estimate of drug-likeness (QED) is 0.206. The molecular weight excluding hydrogens is 590 g/mol. The van der Waals surface area contributed by atoms with Crippen LogP contribution in [0.4, 0.5) is 0 Å². The lowest BCUT2D eigenvalue weighted by Gasteiger charge is -2.49. The lowest BCUT2D eigenvalue weighted by atomic mass is 9.63. The Kier molecular flexibility index (Phi) is 9.08. The van der Waals surface area contributed by atoms with Crippen LogP contribution < -0.4 is 8.92 Å². The van der Waals surface area contributed by atoms with Gasteiger partial charge in [0.25, 0.3) is 0 Å². The Balaban J connectivity index is 1.66. The Morgan fingerprint density at radius 1 is 0.844 bits per heavy atom. The molecule has 0 N–H and O–H groups in total. The topological polar surface area (TPSA) is 99.2 Å². The summed E-state index contributed by atoms with van der Waals surface area (Å²) in [5, 5.41) is 0. The van der Waals surface area contributed by atoms with Crippen molar-refractivity contribution >= 4 is 21.7 Å². The number of ketones is 2. The summed E-state index contributed by atoms with van der Waals surface area (Å²) in [4.78, 5) is 30.4. The molecule has 5 rings (SSSR count). The molecule has 8 nitrogen and oxygen atoms in total. The van der Waals surface area contributed by atoms with Crippen molar-refractivity contribution in [3.05, 3.63) is 76.1 Å². The molecule has 0 saturated heterocycles. The monoisotopic (exact) mass is 635 g/mol. The highest BCUT2D eigenvalue weighted by Gasteiger charge is 2.49. The first kappa shape index (κ1) is 32.9. The second kappa shape index (κ2) is 12.4. The van der Waals surface area contributed by atoms with Crippen molar-refractivity contribution in [2.75, 3.05) is 26.9 Å². The number of allylic oxidation sites excluding steroid dienone is 4. The fourth-order valence-electron chi connectivity index (χ4n) is 6.93. The van der Waals surface area contributed by atoms with Gasteiger partial charge in [0.2, 0.25) is 0 Å². The summed E-state index contributed by atoms with van der Waals surface area (Å²) in [6.07, 6.45) is 2.93. The molecule has 2 aliphatic carbocycles. The van der Waals surface area contributed by atoms with Crippen LogP contribution in [0.25, 0.3) is 0 Å². The third-order valence-corrected chi connectivity index (χ3v) is 10.1. The van der Waals surface area contributed by atoms with E-state index in [0.717, 1.165) is 23.4 Å². The van der Waals surface area contributed by atoms with E-state index < -0.39 is 16.0 Å². The molecule has 2 aromatic rings. The van der Waals surface area contributed by atoms with Crippen LogP contribution in [0.5, 0.6) is 11.5 Å². The van der Waals surface area contributed by atoms with Crippen LogP contribution in [0.2, 0.25) is 0 Å². The van der Waals surface area contributed by atoms with Crippen molar-refractivity contribution in [1.82, 2.24) is 4.90 Å². The minimum atomic E-state index is -4.13. The normalized spacial score (nSPS) is 19.8. The number of benzene rings is 2. The molecule has 45 heavy (non-hydrogen) atoms. The predicted octanol–water partition coefficient (Wildman–Crippen LogP) is 6.88. The van der Waals surface area contributed by atoms with E-state index in [1.165, 1.54) is 12.1 Å². The number of methoxy groups -OCH3 is 1. The summed E-state index contributed by atoms with van der Waals surface area (Å²) in [5.41, 5.74) is 4.43. The highest BCUT2D eigenvalue weighted by Crippen LogP contribution is 2.55. The fourth-order valence-corrected chi connectivity index (χ4v) is 7.87. The van der Waals surface area contributed by atoms with Gasteiger partial charge in [0, 0.05) is 61.6 Å². The lowest BCUT2D eigenvalue weighted by Crippen LogP contribution is -2.44. The number of hydrogen-bond donors (Lipinski definition) is 0. The van der Waals surface area contributed by atoms with E-state index in [-0.39, 0.29) is 45.4 Å². The second-order valence-corrected chi connectivity index (χ2v) is 15.6. The first-order chi connectivity index (χ1) is 21.2. The number of aryl methyl sites for hydroxylation is 1. The number of ether oxygens (including phenoxy) is 2. The Bertz CT molecular complexity index is 1610. The lowest BCUT2D eigenvalue weighted by molar-refractivity contribution is -0.119. The predicted molar refractivity (Wildman–Crippen MR) is 173 cm³/mol. The largest absolute Gasteiger partial charge is 0.490 e. The zero-order chi connectivity index (χ0) is 32.7. The van der Waals surface area contributed by atoms with Crippen molar-refractivity contribution in [3.8, 4) is 11.5 Å². The molecule has 0 unspecified atom stereocenters. The standard InChI is InChI=1S/C36H45NO7S/c1-8-43-31-18-24(12-15-30(31)44-45(40,41)25-13-10-23(2)11-14-25)32-33-26(19-35(3,4)21-28(33)38)37(16-9-17-42-7)27-20-36(5,6)22-29(39)34(27)32/h10-15,18,32H,8-9,16-17,19-22H2,1-7H3. The van der Waals surface area contributed by atoms with Crippen molar-refractivity contribution in [2.45, 2.75) is 84.5 Å². The highest BCUT2D eigenvalue weighted by atomic mass is 32.2. The van der Waals surface area contributed by atoms with Gasteiger partial charge in [-0.2, -0.15) is 8.42 Å². The molecule has 0 fully saturated rings. The maximum absolute atomic E-state index is 14.1. The van der Waals surface area contributed by atoms with Gasteiger partial charge in [-0.25, -0.2) is 0 Å². The highest BCUT2D eigenvalue weighted by molar-refractivity contribution is 7.87. The van der Waals surface area contributed by atoms with Crippen LogP contribution in [0.1, 0.15) is 83.8 Å². The Morgan fingerprint density at radius 2 is 1.42 bits per heavy atom. The van der Waals surface area contributed by atoms with Gasteiger partial charge in [0.15, 0.2) is 23.1 Å². The zero-order valence-electron chi connectivity index (χ0n) is 27.5. The molecule has 242 valence electrons. The van der Waals surface area contributed by atoms with Gasteiger partial charge in [0.1, 0.15) is 4.90 Å². The third kappa shape index (κ3) is 6.75. The average Bonchev–Trinajstić information content (AvgIpc) is 2.93. The van der Waals surface area contributed by atoms with Gasteiger partial charge in [-0.05, 0) is 73.8 Å². The van der Waals surface area contributed by atoms with Crippen molar-refractivity contribution in [1.29, 1.82) is 0 Å². The number of rotatable bonds is 10. The molecule has 0 atom stereocenters. The van der Waals surface area contributed by atoms with E-state index >= 15 is 0 Å². The SMILES string of the molecule is CCOc1cc(C2C3=C(CC(C)(C)CC3=O)N(CCCOC)C3=C2C(=O)CC(C)(C)C3)ccc1OS(=O)(=O)c1ccc(C)cc1. The molecule has 1 aliphatic heterocycles.